The molecule has 9 heteroatoms. The van der Waals surface area contributed by atoms with Crippen molar-refractivity contribution in [1.82, 2.24) is 9.29 Å². The number of hydrogen-bond donors (Lipinski definition) is 1. The fraction of sp³-hybridized carbons (Fsp3) is 0.211. The molecule has 148 valence electrons. The summed E-state index contributed by atoms with van der Waals surface area (Å²) in [7, 11) is -3.63. The monoisotopic (exact) mass is 423 g/mol. The number of benzene rings is 2. The van der Waals surface area contributed by atoms with E-state index in [1.165, 1.54) is 40.8 Å². The third kappa shape index (κ3) is 4.19. The standard InChI is InChI=1S/C19H19ClFN3O3S/c1-3-24(4-2)28(25,26)15-9-10-16(20)17(11-15)23-19-22-12-18(27-19)13-5-7-14(21)8-6-13/h5-12H,3-4H2,1-2H3,(H,22,23). The predicted octanol–water partition coefficient (Wildman–Crippen LogP) is 4.91. The molecule has 0 aliphatic heterocycles. The van der Waals surface area contributed by atoms with Gasteiger partial charge in [-0.05, 0) is 42.5 Å². The number of nitrogens with zero attached hydrogens (tertiary/aromatic N) is 2. The lowest BCUT2D eigenvalue weighted by atomic mass is 10.2. The van der Waals surface area contributed by atoms with Gasteiger partial charge in [-0.2, -0.15) is 4.31 Å². The maximum Gasteiger partial charge on any atom is 0.299 e. The van der Waals surface area contributed by atoms with Crippen molar-refractivity contribution in [2.75, 3.05) is 18.4 Å². The Hall–Kier alpha value is -2.42. The van der Waals surface area contributed by atoms with Crippen molar-refractivity contribution >= 4 is 33.3 Å². The number of oxazole rings is 1. The third-order valence-corrected chi connectivity index (χ3v) is 6.53. The lowest BCUT2D eigenvalue weighted by Crippen LogP contribution is -2.30. The van der Waals surface area contributed by atoms with Crippen LogP contribution in [0.1, 0.15) is 13.8 Å². The van der Waals surface area contributed by atoms with E-state index in [2.05, 4.69) is 10.3 Å². The quantitative estimate of drug-likeness (QED) is 0.584. The molecule has 0 amide bonds. The summed E-state index contributed by atoms with van der Waals surface area (Å²) in [5.41, 5.74) is 1.01. The SMILES string of the molecule is CCN(CC)S(=O)(=O)c1ccc(Cl)c(Nc2ncc(-c3ccc(F)cc3)o2)c1. The molecule has 0 fully saturated rings. The Morgan fingerprint density at radius 2 is 1.82 bits per heavy atom. The van der Waals surface area contributed by atoms with Crippen molar-refractivity contribution in [3.63, 3.8) is 0 Å². The molecule has 1 heterocycles. The van der Waals surface area contributed by atoms with Gasteiger partial charge < -0.3 is 9.73 Å². The molecule has 1 N–H and O–H groups in total. The van der Waals surface area contributed by atoms with Gasteiger partial charge in [0.1, 0.15) is 5.82 Å². The molecule has 0 saturated carbocycles. The Kier molecular flexibility index (Phi) is 6.02. The number of nitrogens with one attached hydrogen (secondary N) is 1. The fourth-order valence-corrected chi connectivity index (χ4v) is 4.32. The number of aromatic nitrogens is 1. The molecule has 2 aromatic carbocycles. The summed E-state index contributed by atoms with van der Waals surface area (Å²) in [6.45, 7) is 4.29. The van der Waals surface area contributed by atoms with Crippen molar-refractivity contribution in [2.45, 2.75) is 18.7 Å². The van der Waals surface area contributed by atoms with Crippen molar-refractivity contribution in [3.8, 4) is 11.3 Å². The van der Waals surface area contributed by atoms with Gasteiger partial charge in [-0.15, -0.1) is 0 Å². The molecule has 0 atom stereocenters. The van der Waals surface area contributed by atoms with E-state index < -0.39 is 10.0 Å². The number of halogens is 2. The maximum absolute atomic E-state index is 13.1. The summed E-state index contributed by atoms with van der Waals surface area (Å²) in [6, 6.07) is 10.3. The van der Waals surface area contributed by atoms with E-state index in [1.54, 1.807) is 26.0 Å². The number of sulfonamides is 1. The Labute approximate surface area is 168 Å². The van der Waals surface area contributed by atoms with E-state index in [4.69, 9.17) is 16.0 Å². The Morgan fingerprint density at radius 3 is 2.46 bits per heavy atom. The van der Waals surface area contributed by atoms with Crippen LogP contribution in [0.3, 0.4) is 0 Å². The van der Waals surface area contributed by atoms with Crippen LogP contribution in [0.25, 0.3) is 11.3 Å². The van der Waals surface area contributed by atoms with Crippen molar-refractivity contribution in [3.05, 3.63) is 59.5 Å². The van der Waals surface area contributed by atoms with Gasteiger partial charge in [0.05, 0.1) is 21.8 Å². The lowest BCUT2D eigenvalue weighted by Gasteiger charge is -2.19. The zero-order valence-corrected chi connectivity index (χ0v) is 16.9. The summed E-state index contributed by atoms with van der Waals surface area (Å²) in [4.78, 5) is 4.24. The van der Waals surface area contributed by atoms with Crippen LogP contribution in [-0.4, -0.2) is 30.8 Å². The number of hydrogen-bond acceptors (Lipinski definition) is 5. The molecule has 1 aromatic heterocycles. The minimum absolute atomic E-state index is 0.119. The second kappa shape index (κ2) is 8.30. The molecule has 3 aromatic rings. The summed E-state index contributed by atoms with van der Waals surface area (Å²) < 4.78 is 45.5. The van der Waals surface area contributed by atoms with Crippen molar-refractivity contribution in [1.29, 1.82) is 0 Å². The average molecular weight is 424 g/mol. The predicted molar refractivity (Wildman–Crippen MR) is 107 cm³/mol. The van der Waals surface area contributed by atoms with Gasteiger partial charge in [-0.25, -0.2) is 17.8 Å². The zero-order chi connectivity index (χ0) is 20.3. The van der Waals surface area contributed by atoms with Crippen LogP contribution in [0.4, 0.5) is 16.1 Å². The highest BCUT2D eigenvalue weighted by Gasteiger charge is 2.22. The molecule has 3 rings (SSSR count). The van der Waals surface area contributed by atoms with Crippen LogP contribution in [0.2, 0.25) is 5.02 Å². The van der Waals surface area contributed by atoms with Crippen LogP contribution in [0.15, 0.2) is 58.0 Å². The van der Waals surface area contributed by atoms with Gasteiger partial charge in [0.25, 0.3) is 6.01 Å². The molecule has 0 unspecified atom stereocenters. The minimum Gasteiger partial charge on any atom is -0.423 e. The highest BCUT2D eigenvalue weighted by Crippen LogP contribution is 2.31. The highest BCUT2D eigenvalue weighted by molar-refractivity contribution is 7.89. The van der Waals surface area contributed by atoms with Gasteiger partial charge in [0.15, 0.2) is 5.76 Å². The Balaban J connectivity index is 1.88. The average Bonchev–Trinajstić information content (AvgIpc) is 3.13. The van der Waals surface area contributed by atoms with E-state index in [1.807, 2.05) is 0 Å². The van der Waals surface area contributed by atoms with Gasteiger partial charge >= 0.3 is 0 Å². The topological polar surface area (TPSA) is 75.4 Å². The first-order valence-corrected chi connectivity index (χ1v) is 10.5. The largest absolute Gasteiger partial charge is 0.423 e. The summed E-state index contributed by atoms with van der Waals surface area (Å²) in [5.74, 6) is 0.0881. The zero-order valence-electron chi connectivity index (χ0n) is 15.3. The fourth-order valence-electron chi connectivity index (χ4n) is 2.67. The van der Waals surface area contributed by atoms with E-state index >= 15 is 0 Å². The normalized spacial score (nSPS) is 11.8. The Bertz CT molecular complexity index is 1060. The molecule has 0 radical (unpaired) electrons. The first kappa shape index (κ1) is 20.3. The Morgan fingerprint density at radius 1 is 1.14 bits per heavy atom. The van der Waals surface area contributed by atoms with E-state index in [9.17, 15) is 12.8 Å². The highest BCUT2D eigenvalue weighted by atomic mass is 35.5. The lowest BCUT2D eigenvalue weighted by molar-refractivity contribution is 0.445. The van der Waals surface area contributed by atoms with Gasteiger partial charge in [-0.3, -0.25) is 0 Å². The van der Waals surface area contributed by atoms with Gasteiger partial charge in [-0.1, -0.05) is 25.4 Å². The molecular weight excluding hydrogens is 405 g/mol. The second-order valence-corrected chi connectivity index (χ2v) is 8.24. The number of anilines is 2. The molecule has 28 heavy (non-hydrogen) atoms. The summed E-state index contributed by atoms with van der Waals surface area (Å²) in [6.07, 6.45) is 1.49. The summed E-state index contributed by atoms with van der Waals surface area (Å²) >= 11 is 6.20. The molecule has 0 spiro atoms. The van der Waals surface area contributed by atoms with E-state index in [-0.39, 0.29) is 16.7 Å². The maximum atomic E-state index is 13.1. The van der Waals surface area contributed by atoms with Crippen LogP contribution in [-0.2, 0) is 10.0 Å². The molecular formula is C19H19ClFN3O3S. The van der Waals surface area contributed by atoms with Crippen LogP contribution >= 0.6 is 11.6 Å². The molecule has 6 nitrogen and oxygen atoms in total. The van der Waals surface area contributed by atoms with Crippen LogP contribution in [0.5, 0.6) is 0 Å². The second-order valence-electron chi connectivity index (χ2n) is 5.89. The third-order valence-electron chi connectivity index (χ3n) is 4.16. The first-order valence-electron chi connectivity index (χ1n) is 8.63. The minimum atomic E-state index is -3.63. The molecule has 0 aliphatic carbocycles. The van der Waals surface area contributed by atoms with Crippen LogP contribution < -0.4 is 5.32 Å². The van der Waals surface area contributed by atoms with Gasteiger partial charge in [0.2, 0.25) is 10.0 Å². The molecule has 0 aliphatic rings. The van der Waals surface area contributed by atoms with E-state index in [0.29, 0.717) is 35.1 Å². The van der Waals surface area contributed by atoms with E-state index in [0.717, 1.165) is 0 Å². The molecule has 0 saturated heterocycles. The first-order chi connectivity index (χ1) is 13.3. The van der Waals surface area contributed by atoms with Crippen molar-refractivity contribution in [2.24, 2.45) is 0 Å². The summed E-state index contributed by atoms with van der Waals surface area (Å²) in [5, 5.41) is 3.21. The number of rotatable bonds is 7. The van der Waals surface area contributed by atoms with Crippen molar-refractivity contribution < 1.29 is 17.2 Å². The smallest absolute Gasteiger partial charge is 0.299 e. The van der Waals surface area contributed by atoms with Crippen LogP contribution in [0, 0.1) is 5.82 Å². The molecule has 0 bridgehead atoms. The van der Waals surface area contributed by atoms with Gasteiger partial charge in [0, 0.05) is 18.7 Å².